The maximum Gasteiger partial charge on any atom is 0.0235 e. The summed E-state index contributed by atoms with van der Waals surface area (Å²) in [5, 5.41) is 0. The minimum Gasteiger partial charge on any atom is -0.302 e. The van der Waals surface area contributed by atoms with Gasteiger partial charge in [0, 0.05) is 25.0 Å². The number of alkyl halides is 1. The van der Waals surface area contributed by atoms with Gasteiger partial charge in [-0.15, -0.1) is 11.6 Å². The highest BCUT2D eigenvalue weighted by atomic mass is 35.5. The molecule has 2 nitrogen and oxygen atoms in total. The van der Waals surface area contributed by atoms with Crippen molar-refractivity contribution in [3.8, 4) is 0 Å². The van der Waals surface area contributed by atoms with Gasteiger partial charge in [-0.05, 0) is 45.3 Å². The largest absolute Gasteiger partial charge is 0.302 e. The molecule has 0 atom stereocenters. The van der Waals surface area contributed by atoms with E-state index < -0.39 is 0 Å². The SMILES string of the molecule is ClCCCN1CCCN(C2CC2)CC1. The minimum absolute atomic E-state index is 0.808. The molecule has 82 valence electrons. The molecule has 0 aromatic carbocycles. The van der Waals surface area contributed by atoms with Crippen molar-refractivity contribution >= 4 is 11.6 Å². The molecular formula is C11H21ClN2. The van der Waals surface area contributed by atoms with Crippen molar-refractivity contribution in [2.24, 2.45) is 0 Å². The van der Waals surface area contributed by atoms with E-state index in [0.717, 1.165) is 18.3 Å². The Bertz CT molecular complexity index is 171. The minimum atomic E-state index is 0.808. The fraction of sp³-hybridized carbons (Fsp3) is 1.00. The Labute approximate surface area is 92.2 Å². The topological polar surface area (TPSA) is 6.48 Å². The second-order valence-electron chi connectivity index (χ2n) is 4.50. The van der Waals surface area contributed by atoms with E-state index in [1.165, 1.54) is 52.0 Å². The van der Waals surface area contributed by atoms with Gasteiger partial charge in [-0.1, -0.05) is 0 Å². The van der Waals surface area contributed by atoms with Crippen LogP contribution < -0.4 is 0 Å². The van der Waals surface area contributed by atoms with Crippen LogP contribution in [-0.2, 0) is 0 Å². The van der Waals surface area contributed by atoms with Crippen LogP contribution in [0.15, 0.2) is 0 Å². The molecule has 1 saturated heterocycles. The van der Waals surface area contributed by atoms with Crippen molar-refractivity contribution in [1.29, 1.82) is 0 Å². The first-order valence-corrected chi connectivity index (χ1v) is 6.46. The van der Waals surface area contributed by atoms with Crippen molar-refractivity contribution in [3.05, 3.63) is 0 Å². The van der Waals surface area contributed by atoms with Crippen LogP contribution in [0.5, 0.6) is 0 Å². The molecule has 0 unspecified atom stereocenters. The highest BCUT2D eigenvalue weighted by Gasteiger charge is 2.29. The fourth-order valence-electron chi connectivity index (χ4n) is 2.30. The molecule has 14 heavy (non-hydrogen) atoms. The maximum absolute atomic E-state index is 5.71. The number of halogens is 1. The summed E-state index contributed by atoms with van der Waals surface area (Å²) in [5.74, 6) is 0.808. The molecule has 0 amide bonds. The van der Waals surface area contributed by atoms with Gasteiger partial charge in [0.05, 0.1) is 0 Å². The zero-order chi connectivity index (χ0) is 9.80. The molecule has 2 rings (SSSR count). The van der Waals surface area contributed by atoms with Gasteiger partial charge in [0.1, 0.15) is 0 Å². The van der Waals surface area contributed by atoms with Crippen LogP contribution in [0, 0.1) is 0 Å². The lowest BCUT2D eigenvalue weighted by molar-refractivity contribution is 0.251. The smallest absolute Gasteiger partial charge is 0.0235 e. The van der Waals surface area contributed by atoms with E-state index in [9.17, 15) is 0 Å². The summed E-state index contributed by atoms with van der Waals surface area (Å²) in [6, 6.07) is 0.947. The quantitative estimate of drug-likeness (QED) is 0.662. The average molecular weight is 217 g/mol. The Morgan fingerprint density at radius 1 is 1.07 bits per heavy atom. The van der Waals surface area contributed by atoms with Crippen LogP contribution >= 0.6 is 11.6 Å². The molecule has 0 aromatic rings. The zero-order valence-corrected chi connectivity index (χ0v) is 9.68. The summed E-state index contributed by atoms with van der Waals surface area (Å²) in [7, 11) is 0. The third kappa shape index (κ3) is 3.11. The molecule has 1 aliphatic carbocycles. The van der Waals surface area contributed by atoms with E-state index in [-0.39, 0.29) is 0 Å². The Hall–Kier alpha value is 0.210. The summed E-state index contributed by atoms with van der Waals surface area (Å²) in [6.07, 6.45) is 5.38. The second kappa shape index (κ2) is 5.34. The van der Waals surface area contributed by atoms with Crippen molar-refractivity contribution in [2.45, 2.75) is 31.7 Å². The Kier molecular flexibility index (Phi) is 4.09. The van der Waals surface area contributed by atoms with Gasteiger partial charge in [0.15, 0.2) is 0 Å². The molecule has 0 spiro atoms. The van der Waals surface area contributed by atoms with Gasteiger partial charge < -0.3 is 4.90 Å². The first-order valence-electron chi connectivity index (χ1n) is 5.92. The van der Waals surface area contributed by atoms with Crippen molar-refractivity contribution < 1.29 is 0 Å². The maximum atomic E-state index is 5.71. The lowest BCUT2D eigenvalue weighted by Crippen LogP contribution is -2.32. The summed E-state index contributed by atoms with van der Waals surface area (Å²) in [4.78, 5) is 5.26. The predicted octanol–water partition coefficient (Wildman–Crippen LogP) is 1.79. The fourth-order valence-corrected chi connectivity index (χ4v) is 2.42. The van der Waals surface area contributed by atoms with Crippen LogP contribution in [0.2, 0.25) is 0 Å². The van der Waals surface area contributed by atoms with Gasteiger partial charge in [0.2, 0.25) is 0 Å². The Morgan fingerprint density at radius 3 is 2.64 bits per heavy atom. The highest BCUT2D eigenvalue weighted by molar-refractivity contribution is 6.17. The van der Waals surface area contributed by atoms with E-state index in [1.807, 2.05) is 0 Å². The molecule has 1 saturated carbocycles. The van der Waals surface area contributed by atoms with Crippen LogP contribution in [0.1, 0.15) is 25.7 Å². The van der Waals surface area contributed by atoms with Gasteiger partial charge in [-0.3, -0.25) is 4.90 Å². The van der Waals surface area contributed by atoms with Crippen LogP contribution in [-0.4, -0.2) is 54.4 Å². The number of hydrogen-bond acceptors (Lipinski definition) is 2. The number of nitrogens with zero attached hydrogens (tertiary/aromatic N) is 2. The van der Waals surface area contributed by atoms with Gasteiger partial charge in [-0.25, -0.2) is 0 Å². The van der Waals surface area contributed by atoms with Crippen molar-refractivity contribution in [1.82, 2.24) is 9.80 Å². The summed E-state index contributed by atoms with van der Waals surface area (Å²) < 4.78 is 0. The predicted molar refractivity (Wildman–Crippen MR) is 61.0 cm³/mol. The third-order valence-corrected chi connectivity index (χ3v) is 3.56. The second-order valence-corrected chi connectivity index (χ2v) is 4.88. The van der Waals surface area contributed by atoms with Crippen LogP contribution in [0.3, 0.4) is 0 Å². The van der Waals surface area contributed by atoms with E-state index in [0.29, 0.717) is 0 Å². The molecule has 3 heteroatoms. The standard InChI is InChI=1S/C11H21ClN2/c12-5-1-6-13-7-2-8-14(10-9-13)11-3-4-11/h11H,1-10H2. The zero-order valence-electron chi connectivity index (χ0n) is 8.92. The molecule has 1 aliphatic heterocycles. The number of hydrogen-bond donors (Lipinski definition) is 0. The third-order valence-electron chi connectivity index (χ3n) is 3.29. The Morgan fingerprint density at radius 2 is 1.93 bits per heavy atom. The Balaban J connectivity index is 1.70. The van der Waals surface area contributed by atoms with Crippen LogP contribution in [0.4, 0.5) is 0 Å². The lowest BCUT2D eigenvalue weighted by atomic mass is 10.3. The lowest BCUT2D eigenvalue weighted by Gasteiger charge is -2.21. The number of rotatable bonds is 4. The van der Waals surface area contributed by atoms with Crippen molar-refractivity contribution in [2.75, 3.05) is 38.6 Å². The van der Waals surface area contributed by atoms with E-state index in [2.05, 4.69) is 9.80 Å². The first-order chi connectivity index (χ1) is 6.90. The van der Waals surface area contributed by atoms with Gasteiger partial charge in [-0.2, -0.15) is 0 Å². The monoisotopic (exact) mass is 216 g/mol. The molecule has 2 fully saturated rings. The molecule has 0 radical (unpaired) electrons. The van der Waals surface area contributed by atoms with E-state index >= 15 is 0 Å². The molecular weight excluding hydrogens is 196 g/mol. The summed E-state index contributed by atoms with van der Waals surface area (Å²) in [6.45, 7) is 6.34. The molecule has 1 heterocycles. The van der Waals surface area contributed by atoms with Gasteiger partial charge in [0.25, 0.3) is 0 Å². The normalized spacial score (nSPS) is 26.4. The van der Waals surface area contributed by atoms with Crippen molar-refractivity contribution in [3.63, 3.8) is 0 Å². The average Bonchev–Trinajstić information content (AvgIpc) is 3.01. The molecule has 0 aromatic heterocycles. The summed E-state index contributed by atoms with van der Waals surface area (Å²) >= 11 is 5.71. The molecule has 0 N–H and O–H groups in total. The highest BCUT2D eigenvalue weighted by Crippen LogP contribution is 2.27. The first kappa shape index (κ1) is 10.7. The summed E-state index contributed by atoms with van der Waals surface area (Å²) in [5.41, 5.74) is 0. The van der Waals surface area contributed by atoms with Crippen LogP contribution in [0.25, 0.3) is 0 Å². The van der Waals surface area contributed by atoms with E-state index in [4.69, 9.17) is 11.6 Å². The van der Waals surface area contributed by atoms with E-state index in [1.54, 1.807) is 0 Å². The van der Waals surface area contributed by atoms with Gasteiger partial charge >= 0.3 is 0 Å². The molecule has 2 aliphatic rings. The molecule has 0 bridgehead atoms.